The number of halogens is 1. The first-order valence-electron chi connectivity index (χ1n) is 4.11. The molecule has 0 fully saturated rings. The lowest BCUT2D eigenvalue weighted by Gasteiger charge is -2.14. The smallest absolute Gasteiger partial charge is 0.112 e. The molecule has 2 rings (SSSR count). The molecule has 0 aromatic carbocycles. The van der Waals surface area contributed by atoms with E-state index in [9.17, 15) is 0 Å². The van der Waals surface area contributed by atoms with Gasteiger partial charge < -0.3 is 10.3 Å². The number of H-pyrrole nitrogens is 1. The van der Waals surface area contributed by atoms with Gasteiger partial charge in [-0.1, -0.05) is 24.1 Å². The van der Waals surface area contributed by atoms with Gasteiger partial charge in [-0.05, 0) is 12.5 Å². The summed E-state index contributed by atoms with van der Waals surface area (Å²) < 4.78 is 0. The molecular formula is C9H11ClN2. The van der Waals surface area contributed by atoms with Gasteiger partial charge in [0.05, 0.1) is 5.02 Å². The highest BCUT2D eigenvalue weighted by Gasteiger charge is 2.12. The second kappa shape index (κ2) is 2.87. The van der Waals surface area contributed by atoms with Crippen LogP contribution in [0.15, 0.2) is 11.8 Å². The number of fused-ring (bicyclic) bond motifs is 1. The number of anilines is 1. The minimum absolute atomic E-state index is 0.795. The molecular weight excluding hydrogens is 172 g/mol. The van der Waals surface area contributed by atoms with E-state index in [0.29, 0.717) is 0 Å². The van der Waals surface area contributed by atoms with Gasteiger partial charge in [0.2, 0.25) is 0 Å². The SMILES string of the molecule is CCC1=Cc2c(Cl)c[nH]c2NC1. The third kappa shape index (κ3) is 1.12. The molecule has 0 spiro atoms. The molecule has 2 N–H and O–H groups in total. The van der Waals surface area contributed by atoms with Gasteiger partial charge in [0.15, 0.2) is 0 Å². The normalized spacial score (nSPS) is 15.0. The summed E-state index contributed by atoms with van der Waals surface area (Å²) in [4.78, 5) is 3.08. The predicted molar refractivity (Wildman–Crippen MR) is 52.6 cm³/mol. The van der Waals surface area contributed by atoms with Crippen molar-refractivity contribution in [3.05, 3.63) is 22.4 Å². The Morgan fingerprint density at radius 1 is 1.58 bits per heavy atom. The first kappa shape index (κ1) is 7.74. The van der Waals surface area contributed by atoms with Crippen LogP contribution >= 0.6 is 11.6 Å². The Kier molecular flexibility index (Phi) is 1.85. The van der Waals surface area contributed by atoms with Crippen LogP contribution in [0.2, 0.25) is 5.02 Å². The highest BCUT2D eigenvalue weighted by Crippen LogP contribution is 2.29. The maximum absolute atomic E-state index is 5.96. The molecule has 0 bridgehead atoms. The summed E-state index contributed by atoms with van der Waals surface area (Å²) >= 11 is 5.96. The maximum Gasteiger partial charge on any atom is 0.112 e. The molecule has 1 aliphatic rings. The number of hydrogen-bond acceptors (Lipinski definition) is 1. The topological polar surface area (TPSA) is 27.8 Å². The monoisotopic (exact) mass is 182 g/mol. The van der Waals surface area contributed by atoms with Gasteiger partial charge >= 0.3 is 0 Å². The summed E-state index contributed by atoms with van der Waals surface area (Å²) in [6.45, 7) is 3.08. The van der Waals surface area contributed by atoms with Crippen LogP contribution in [-0.2, 0) is 0 Å². The molecule has 2 nitrogen and oxygen atoms in total. The minimum atomic E-state index is 0.795. The van der Waals surface area contributed by atoms with Crippen molar-refractivity contribution in [1.82, 2.24) is 4.98 Å². The van der Waals surface area contributed by atoms with Gasteiger partial charge in [0.1, 0.15) is 5.82 Å². The van der Waals surface area contributed by atoms with E-state index >= 15 is 0 Å². The van der Waals surface area contributed by atoms with Crippen molar-refractivity contribution >= 4 is 23.5 Å². The zero-order valence-corrected chi connectivity index (χ0v) is 7.70. The van der Waals surface area contributed by atoms with Crippen LogP contribution in [0, 0.1) is 0 Å². The zero-order chi connectivity index (χ0) is 8.55. The van der Waals surface area contributed by atoms with Gasteiger partial charge in [-0.2, -0.15) is 0 Å². The van der Waals surface area contributed by atoms with Crippen molar-refractivity contribution in [3.8, 4) is 0 Å². The Labute approximate surface area is 76.6 Å². The first-order valence-corrected chi connectivity index (χ1v) is 4.49. The van der Waals surface area contributed by atoms with Crippen molar-refractivity contribution in [1.29, 1.82) is 0 Å². The zero-order valence-electron chi connectivity index (χ0n) is 6.95. The number of aromatic nitrogens is 1. The Balaban J connectivity index is 2.44. The van der Waals surface area contributed by atoms with Gasteiger partial charge in [0.25, 0.3) is 0 Å². The van der Waals surface area contributed by atoms with Crippen molar-refractivity contribution in [2.24, 2.45) is 0 Å². The van der Waals surface area contributed by atoms with E-state index in [1.165, 1.54) is 5.57 Å². The van der Waals surface area contributed by atoms with Gasteiger partial charge in [-0.15, -0.1) is 0 Å². The predicted octanol–water partition coefficient (Wildman–Crippen LogP) is 2.89. The molecule has 2 heterocycles. The fraction of sp³-hybridized carbons (Fsp3) is 0.333. The van der Waals surface area contributed by atoms with Crippen molar-refractivity contribution in [3.63, 3.8) is 0 Å². The van der Waals surface area contributed by atoms with Crippen molar-refractivity contribution < 1.29 is 0 Å². The highest BCUT2D eigenvalue weighted by molar-refractivity contribution is 6.32. The third-order valence-electron chi connectivity index (χ3n) is 2.16. The molecule has 3 heteroatoms. The van der Waals surface area contributed by atoms with Crippen LogP contribution in [0.4, 0.5) is 5.82 Å². The van der Waals surface area contributed by atoms with Crippen LogP contribution in [0.5, 0.6) is 0 Å². The summed E-state index contributed by atoms with van der Waals surface area (Å²) in [7, 11) is 0. The van der Waals surface area contributed by atoms with E-state index in [1.807, 2.05) is 6.20 Å². The average Bonchev–Trinajstić information content (AvgIpc) is 2.47. The number of hydrogen-bond donors (Lipinski definition) is 2. The van der Waals surface area contributed by atoms with E-state index in [0.717, 1.165) is 29.4 Å². The number of nitrogens with one attached hydrogen (secondary N) is 2. The van der Waals surface area contributed by atoms with E-state index in [2.05, 4.69) is 23.3 Å². The Morgan fingerprint density at radius 2 is 2.42 bits per heavy atom. The third-order valence-corrected chi connectivity index (χ3v) is 2.48. The van der Waals surface area contributed by atoms with Crippen molar-refractivity contribution in [2.45, 2.75) is 13.3 Å². The largest absolute Gasteiger partial charge is 0.367 e. The first-order chi connectivity index (χ1) is 5.81. The summed E-state index contributed by atoms with van der Waals surface area (Å²) in [6, 6.07) is 0. The Morgan fingerprint density at radius 3 is 3.17 bits per heavy atom. The van der Waals surface area contributed by atoms with Crippen LogP contribution < -0.4 is 5.32 Å². The second-order valence-electron chi connectivity index (χ2n) is 2.93. The van der Waals surface area contributed by atoms with Gasteiger partial charge in [-0.3, -0.25) is 0 Å². The fourth-order valence-electron chi connectivity index (χ4n) is 1.38. The van der Waals surface area contributed by atoms with Gasteiger partial charge in [-0.25, -0.2) is 0 Å². The average molecular weight is 183 g/mol. The Bertz CT molecular complexity index is 325. The minimum Gasteiger partial charge on any atom is -0.367 e. The molecule has 0 radical (unpaired) electrons. The van der Waals surface area contributed by atoms with Crippen LogP contribution in [-0.4, -0.2) is 11.5 Å². The molecule has 0 saturated heterocycles. The highest BCUT2D eigenvalue weighted by atomic mass is 35.5. The second-order valence-corrected chi connectivity index (χ2v) is 3.34. The molecule has 0 saturated carbocycles. The molecule has 0 atom stereocenters. The lowest BCUT2D eigenvalue weighted by atomic mass is 10.1. The maximum atomic E-state index is 5.96. The molecule has 1 aromatic rings. The van der Waals surface area contributed by atoms with E-state index in [-0.39, 0.29) is 0 Å². The summed E-state index contributed by atoms with van der Waals surface area (Å²) in [5, 5.41) is 4.07. The van der Waals surface area contributed by atoms with Crippen LogP contribution in [0.1, 0.15) is 18.9 Å². The molecule has 1 aliphatic heterocycles. The number of rotatable bonds is 1. The van der Waals surface area contributed by atoms with E-state index in [4.69, 9.17) is 11.6 Å². The summed E-state index contributed by atoms with van der Waals surface area (Å²) in [6.07, 6.45) is 5.05. The van der Waals surface area contributed by atoms with Gasteiger partial charge in [0, 0.05) is 18.3 Å². The van der Waals surface area contributed by atoms with E-state index in [1.54, 1.807) is 0 Å². The lowest BCUT2D eigenvalue weighted by Crippen LogP contribution is -2.09. The quantitative estimate of drug-likeness (QED) is 0.687. The van der Waals surface area contributed by atoms with Crippen LogP contribution in [0.3, 0.4) is 0 Å². The fourth-order valence-corrected chi connectivity index (χ4v) is 1.59. The molecule has 0 aliphatic carbocycles. The standard InChI is InChI=1S/C9H11ClN2/c1-2-6-3-7-8(10)5-12-9(7)11-4-6/h3,5,11-12H,2,4H2,1H3. The lowest BCUT2D eigenvalue weighted by molar-refractivity contribution is 1.04. The molecule has 64 valence electrons. The summed E-state index contributed by atoms with van der Waals surface area (Å²) in [5.74, 6) is 1.04. The number of aromatic amines is 1. The Hall–Kier alpha value is -0.890. The van der Waals surface area contributed by atoms with Crippen molar-refractivity contribution in [2.75, 3.05) is 11.9 Å². The molecule has 12 heavy (non-hydrogen) atoms. The molecule has 1 aromatic heterocycles. The van der Waals surface area contributed by atoms with Crippen LogP contribution in [0.25, 0.3) is 6.08 Å². The molecule has 0 unspecified atom stereocenters. The summed E-state index contributed by atoms with van der Waals surface area (Å²) in [5.41, 5.74) is 2.49. The molecule has 0 amide bonds. The van der Waals surface area contributed by atoms with E-state index < -0.39 is 0 Å².